The van der Waals surface area contributed by atoms with Crippen molar-refractivity contribution in [3.05, 3.63) is 12.7 Å². The van der Waals surface area contributed by atoms with Gasteiger partial charge in [-0.05, 0) is 32.6 Å². The van der Waals surface area contributed by atoms with Crippen LogP contribution >= 0.6 is 0 Å². The number of rotatable bonds is 18. The zero-order valence-electron chi connectivity index (χ0n) is 17.2. The average Bonchev–Trinajstić information content (AvgIpc) is 2.62. The predicted molar refractivity (Wildman–Crippen MR) is 109 cm³/mol. The van der Waals surface area contributed by atoms with Gasteiger partial charge in [0.25, 0.3) is 0 Å². The summed E-state index contributed by atoms with van der Waals surface area (Å²) >= 11 is 0. The number of esters is 1. The van der Waals surface area contributed by atoms with Crippen LogP contribution in [0.3, 0.4) is 0 Å². The van der Waals surface area contributed by atoms with Crippen LogP contribution in [-0.4, -0.2) is 24.5 Å². The Bertz CT molecular complexity index is 368. The lowest BCUT2D eigenvalue weighted by molar-refractivity contribution is -0.147. The van der Waals surface area contributed by atoms with Gasteiger partial charge in [0.15, 0.2) is 0 Å². The van der Waals surface area contributed by atoms with Crippen LogP contribution in [0.1, 0.15) is 104 Å². The first-order valence-electron chi connectivity index (χ1n) is 10.7. The molecule has 0 unspecified atom stereocenters. The molecule has 152 valence electrons. The Balaban J connectivity index is 3.52. The van der Waals surface area contributed by atoms with E-state index < -0.39 is 6.04 Å². The fraction of sp³-hybridized carbons (Fsp3) is 0.818. The van der Waals surface area contributed by atoms with Gasteiger partial charge in [-0.25, -0.2) is 4.79 Å². The highest BCUT2D eigenvalue weighted by atomic mass is 16.5. The first-order chi connectivity index (χ1) is 12.6. The molecule has 4 nitrogen and oxygen atoms in total. The van der Waals surface area contributed by atoms with Crippen molar-refractivity contribution < 1.29 is 14.3 Å². The van der Waals surface area contributed by atoms with Crippen LogP contribution in [0.4, 0.5) is 0 Å². The molecule has 26 heavy (non-hydrogen) atoms. The molecule has 0 aromatic carbocycles. The number of carbonyl (C=O) groups is 2. The fourth-order valence-corrected chi connectivity index (χ4v) is 2.83. The van der Waals surface area contributed by atoms with Crippen molar-refractivity contribution in [2.45, 2.75) is 110 Å². The Kier molecular flexibility index (Phi) is 17.5. The summed E-state index contributed by atoms with van der Waals surface area (Å²) in [5.41, 5.74) is 0. The van der Waals surface area contributed by atoms with Crippen molar-refractivity contribution in [1.82, 2.24) is 5.32 Å². The molecule has 0 heterocycles. The molecular weight excluding hydrogens is 326 g/mol. The van der Waals surface area contributed by atoms with Gasteiger partial charge in [-0.3, -0.25) is 4.79 Å². The summed E-state index contributed by atoms with van der Waals surface area (Å²) in [6.07, 6.45) is 17.4. The summed E-state index contributed by atoms with van der Waals surface area (Å²) in [5.74, 6) is -0.379. The van der Waals surface area contributed by atoms with Crippen molar-refractivity contribution in [1.29, 1.82) is 0 Å². The lowest BCUT2D eigenvalue weighted by Gasteiger charge is -2.13. The molecule has 1 atom stereocenters. The summed E-state index contributed by atoms with van der Waals surface area (Å²) < 4.78 is 5.26. The number of hydrogen-bond donors (Lipinski definition) is 1. The molecule has 0 aliphatic heterocycles. The zero-order chi connectivity index (χ0) is 19.5. The van der Waals surface area contributed by atoms with E-state index in [0.717, 1.165) is 32.1 Å². The number of amides is 1. The number of hydrogen-bond acceptors (Lipinski definition) is 3. The molecule has 0 saturated heterocycles. The van der Waals surface area contributed by atoms with Crippen molar-refractivity contribution in [3.8, 4) is 0 Å². The Hall–Kier alpha value is -1.32. The Morgan fingerprint density at radius 2 is 1.50 bits per heavy atom. The second-order valence-corrected chi connectivity index (χ2v) is 7.17. The molecule has 0 rings (SSSR count). The van der Waals surface area contributed by atoms with Gasteiger partial charge < -0.3 is 10.1 Å². The van der Waals surface area contributed by atoms with E-state index in [4.69, 9.17) is 4.74 Å². The quantitative estimate of drug-likeness (QED) is 0.192. The maximum Gasteiger partial charge on any atom is 0.328 e. The molecule has 4 heteroatoms. The van der Waals surface area contributed by atoms with E-state index in [1.165, 1.54) is 51.4 Å². The van der Waals surface area contributed by atoms with Crippen LogP contribution in [0.5, 0.6) is 0 Å². The van der Waals surface area contributed by atoms with E-state index in [1.54, 1.807) is 6.92 Å². The summed E-state index contributed by atoms with van der Waals surface area (Å²) in [6.45, 7) is 8.05. The van der Waals surface area contributed by atoms with E-state index in [2.05, 4.69) is 18.8 Å². The number of carbonyl (C=O) groups excluding carboxylic acids is 2. The van der Waals surface area contributed by atoms with Gasteiger partial charge in [0.05, 0.1) is 6.61 Å². The van der Waals surface area contributed by atoms with Gasteiger partial charge in [-0.2, -0.15) is 0 Å². The van der Waals surface area contributed by atoms with Gasteiger partial charge in [0.1, 0.15) is 6.04 Å². The first-order valence-corrected chi connectivity index (χ1v) is 10.7. The number of ether oxygens (including phenoxy) is 1. The monoisotopic (exact) mass is 367 g/mol. The topological polar surface area (TPSA) is 55.4 Å². The molecule has 0 radical (unpaired) electrons. The molecule has 0 fully saturated rings. The molecule has 0 spiro atoms. The lowest BCUT2D eigenvalue weighted by Crippen LogP contribution is -2.39. The van der Waals surface area contributed by atoms with Gasteiger partial charge in [0, 0.05) is 6.42 Å². The molecule has 0 saturated carbocycles. The molecule has 0 aromatic rings. The fourth-order valence-electron chi connectivity index (χ4n) is 2.83. The summed E-state index contributed by atoms with van der Waals surface area (Å²) in [7, 11) is 0. The minimum atomic E-state index is -0.553. The maximum atomic E-state index is 11.9. The second-order valence-electron chi connectivity index (χ2n) is 7.17. The van der Waals surface area contributed by atoms with E-state index in [9.17, 15) is 9.59 Å². The average molecular weight is 368 g/mol. The normalized spacial score (nSPS) is 11.8. The Labute approximate surface area is 161 Å². The third-order valence-electron chi connectivity index (χ3n) is 4.54. The van der Waals surface area contributed by atoms with Crippen LogP contribution in [0.25, 0.3) is 0 Å². The molecule has 0 aliphatic rings. The third-order valence-corrected chi connectivity index (χ3v) is 4.54. The van der Waals surface area contributed by atoms with Crippen LogP contribution < -0.4 is 5.32 Å². The SMILES string of the molecule is C=CCCCCCCCCCOC(=O)[C@H](C)NC(=O)CCCCCCC. The lowest BCUT2D eigenvalue weighted by atomic mass is 10.1. The van der Waals surface area contributed by atoms with Gasteiger partial charge in [-0.1, -0.05) is 70.8 Å². The van der Waals surface area contributed by atoms with Crippen LogP contribution in [0, 0.1) is 0 Å². The minimum Gasteiger partial charge on any atom is -0.464 e. The van der Waals surface area contributed by atoms with E-state index in [-0.39, 0.29) is 11.9 Å². The van der Waals surface area contributed by atoms with Gasteiger partial charge >= 0.3 is 5.97 Å². The summed E-state index contributed by atoms with van der Waals surface area (Å²) in [6, 6.07) is -0.553. The first kappa shape index (κ1) is 24.7. The predicted octanol–water partition coefficient (Wildman–Crippen LogP) is 5.70. The van der Waals surface area contributed by atoms with Crippen LogP contribution in [0.15, 0.2) is 12.7 Å². The molecule has 0 aliphatic carbocycles. The van der Waals surface area contributed by atoms with E-state index >= 15 is 0 Å². The van der Waals surface area contributed by atoms with E-state index in [0.29, 0.717) is 13.0 Å². The highest BCUT2D eigenvalue weighted by molar-refractivity contribution is 5.84. The van der Waals surface area contributed by atoms with Crippen molar-refractivity contribution in [3.63, 3.8) is 0 Å². The second kappa shape index (κ2) is 18.5. The minimum absolute atomic E-state index is 0.0533. The molecule has 1 N–H and O–H groups in total. The smallest absolute Gasteiger partial charge is 0.328 e. The standard InChI is InChI=1S/C22H41NO3/c1-4-6-8-10-11-12-13-15-17-19-26-22(25)20(3)23-21(24)18-16-14-9-7-5-2/h4,20H,1,5-19H2,2-3H3,(H,23,24)/t20-/m0/s1. The maximum absolute atomic E-state index is 11.9. The highest BCUT2D eigenvalue weighted by Crippen LogP contribution is 2.09. The number of unbranched alkanes of at least 4 members (excludes halogenated alkanes) is 11. The molecular formula is C22H41NO3. The largest absolute Gasteiger partial charge is 0.464 e. The zero-order valence-corrected chi connectivity index (χ0v) is 17.2. The summed E-state index contributed by atoms with van der Waals surface area (Å²) in [5, 5.41) is 2.74. The Morgan fingerprint density at radius 3 is 2.15 bits per heavy atom. The van der Waals surface area contributed by atoms with Crippen LogP contribution in [-0.2, 0) is 14.3 Å². The highest BCUT2D eigenvalue weighted by Gasteiger charge is 2.16. The van der Waals surface area contributed by atoms with Crippen LogP contribution in [0.2, 0.25) is 0 Å². The van der Waals surface area contributed by atoms with Crippen molar-refractivity contribution in [2.75, 3.05) is 6.61 Å². The van der Waals surface area contributed by atoms with Crippen molar-refractivity contribution in [2.24, 2.45) is 0 Å². The Morgan fingerprint density at radius 1 is 0.923 bits per heavy atom. The van der Waals surface area contributed by atoms with Gasteiger partial charge in [0.2, 0.25) is 5.91 Å². The number of allylic oxidation sites excluding steroid dienone is 1. The summed E-state index contributed by atoms with van der Waals surface area (Å²) in [4.78, 5) is 23.7. The van der Waals surface area contributed by atoms with Gasteiger partial charge in [-0.15, -0.1) is 6.58 Å². The molecule has 1 amide bonds. The molecule has 0 aromatic heterocycles. The molecule has 0 bridgehead atoms. The third kappa shape index (κ3) is 16.2. The van der Waals surface area contributed by atoms with E-state index in [1.807, 2.05) is 6.08 Å². The van der Waals surface area contributed by atoms with Crippen molar-refractivity contribution >= 4 is 11.9 Å². The number of nitrogens with one attached hydrogen (secondary N) is 1.